The molecular weight excluding hydrogens is 426 g/mol. The lowest BCUT2D eigenvalue weighted by atomic mass is 10.1. The topological polar surface area (TPSA) is 128 Å². The van der Waals surface area contributed by atoms with Crippen LogP contribution in [0, 0.1) is 17.0 Å². The van der Waals surface area contributed by atoms with Gasteiger partial charge in [0.25, 0.3) is 5.69 Å². The fraction of sp³-hybridized carbons (Fsp3) is 0.350. The van der Waals surface area contributed by atoms with E-state index in [1.807, 2.05) is 0 Å². The molecule has 0 radical (unpaired) electrons. The maximum absolute atomic E-state index is 13.1. The van der Waals surface area contributed by atoms with E-state index < -0.39 is 20.9 Å². The molecule has 1 aliphatic heterocycles. The van der Waals surface area contributed by atoms with Gasteiger partial charge in [-0.2, -0.15) is 4.31 Å². The zero-order chi connectivity index (χ0) is 22.6. The van der Waals surface area contributed by atoms with E-state index in [9.17, 15) is 23.3 Å². The highest BCUT2D eigenvalue weighted by Crippen LogP contribution is 2.29. The number of sulfonamides is 1. The Kier molecular flexibility index (Phi) is 6.88. The van der Waals surface area contributed by atoms with Crippen molar-refractivity contribution in [3.05, 3.63) is 57.6 Å². The van der Waals surface area contributed by atoms with Crippen LogP contribution in [0.4, 0.5) is 11.4 Å². The summed E-state index contributed by atoms with van der Waals surface area (Å²) in [5, 5.41) is 13.6. The molecule has 0 spiro atoms. The van der Waals surface area contributed by atoms with E-state index in [0.717, 1.165) is 0 Å². The summed E-state index contributed by atoms with van der Waals surface area (Å²) in [6, 6.07) is 8.73. The molecule has 0 aromatic heterocycles. The summed E-state index contributed by atoms with van der Waals surface area (Å²) in [4.78, 5) is 23.0. The van der Waals surface area contributed by atoms with Crippen molar-refractivity contribution in [3.8, 4) is 5.75 Å². The normalized spacial score (nSPS) is 14.8. The van der Waals surface area contributed by atoms with Crippen molar-refractivity contribution < 1.29 is 27.6 Å². The summed E-state index contributed by atoms with van der Waals surface area (Å²) in [6.07, 6.45) is -0.113. The van der Waals surface area contributed by atoms with E-state index >= 15 is 0 Å². The van der Waals surface area contributed by atoms with Crippen molar-refractivity contribution in [2.75, 3.05) is 38.7 Å². The van der Waals surface area contributed by atoms with Gasteiger partial charge in [-0.25, -0.2) is 8.42 Å². The molecule has 0 bridgehead atoms. The number of nitrogens with zero attached hydrogens (tertiary/aromatic N) is 2. The number of hydrogen-bond donors (Lipinski definition) is 1. The third kappa shape index (κ3) is 5.19. The Labute approximate surface area is 180 Å². The van der Waals surface area contributed by atoms with Gasteiger partial charge in [-0.1, -0.05) is 12.1 Å². The van der Waals surface area contributed by atoms with Crippen molar-refractivity contribution in [2.45, 2.75) is 18.2 Å². The number of rotatable bonds is 7. The highest BCUT2D eigenvalue weighted by atomic mass is 32.2. The molecule has 3 rings (SSSR count). The largest absolute Gasteiger partial charge is 0.495 e. The second-order valence-corrected chi connectivity index (χ2v) is 8.89. The quantitative estimate of drug-likeness (QED) is 0.506. The maximum atomic E-state index is 13.1. The van der Waals surface area contributed by atoms with Crippen LogP contribution in [-0.2, 0) is 26.0 Å². The van der Waals surface area contributed by atoms with Gasteiger partial charge in [0.2, 0.25) is 15.9 Å². The zero-order valence-electron chi connectivity index (χ0n) is 17.2. The van der Waals surface area contributed by atoms with Gasteiger partial charge >= 0.3 is 0 Å². The molecule has 11 heteroatoms. The highest BCUT2D eigenvalue weighted by molar-refractivity contribution is 7.89. The lowest BCUT2D eigenvalue weighted by Gasteiger charge is -2.26. The van der Waals surface area contributed by atoms with E-state index in [1.54, 1.807) is 19.1 Å². The monoisotopic (exact) mass is 449 g/mol. The van der Waals surface area contributed by atoms with Crippen molar-refractivity contribution in [2.24, 2.45) is 0 Å². The number of ether oxygens (including phenoxy) is 2. The number of nitrogens with one attached hydrogen (secondary N) is 1. The smallest absolute Gasteiger partial charge is 0.271 e. The minimum atomic E-state index is -3.82. The van der Waals surface area contributed by atoms with Crippen LogP contribution in [0.5, 0.6) is 5.75 Å². The van der Waals surface area contributed by atoms with Crippen molar-refractivity contribution in [3.63, 3.8) is 0 Å². The Hall–Kier alpha value is -3.02. The Morgan fingerprint density at radius 2 is 1.94 bits per heavy atom. The number of nitro benzene ring substituents is 1. The first kappa shape index (κ1) is 22.7. The molecule has 0 unspecified atom stereocenters. The number of hydrogen-bond acceptors (Lipinski definition) is 7. The van der Waals surface area contributed by atoms with Crippen LogP contribution in [0.1, 0.15) is 11.1 Å². The molecule has 2 aromatic carbocycles. The van der Waals surface area contributed by atoms with Crippen LogP contribution in [0.15, 0.2) is 41.3 Å². The first-order chi connectivity index (χ1) is 14.7. The molecule has 0 saturated carbocycles. The molecule has 1 fully saturated rings. The Morgan fingerprint density at radius 1 is 1.23 bits per heavy atom. The summed E-state index contributed by atoms with van der Waals surface area (Å²) in [6.45, 7) is 2.82. The lowest BCUT2D eigenvalue weighted by Crippen LogP contribution is -2.40. The Balaban J connectivity index is 1.82. The summed E-state index contributed by atoms with van der Waals surface area (Å²) in [5.41, 5.74) is 1.33. The average Bonchev–Trinajstić information content (AvgIpc) is 2.75. The van der Waals surface area contributed by atoms with Crippen LogP contribution in [0.2, 0.25) is 0 Å². The number of methoxy groups -OCH3 is 1. The van der Waals surface area contributed by atoms with Crippen molar-refractivity contribution >= 4 is 27.3 Å². The first-order valence-electron chi connectivity index (χ1n) is 9.52. The summed E-state index contributed by atoms with van der Waals surface area (Å²) in [7, 11) is -2.44. The molecule has 166 valence electrons. The van der Waals surface area contributed by atoms with Crippen molar-refractivity contribution in [1.82, 2.24) is 4.31 Å². The molecule has 2 aromatic rings. The molecule has 0 atom stereocenters. The van der Waals surface area contributed by atoms with Gasteiger partial charge in [0.1, 0.15) is 10.6 Å². The fourth-order valence-corrected chi connectivity index (χ4v) is 4.81. The predicted octanol–water partition coefficient (Wildman–Crippen LogP) is 2.11. The molecule has 31 heavy (non-hydrogen) atoms. The third-order valence-electron chi connectivity index (χ3n) is 4.89. The van der Waals surface area contributed by atoms with Crippen LogP contribution < -0.4 is 10.1 Å². The standard InChI is InChI=1S/C20H23N3O7S/c1-14-3-5-16(23(25)26)13-17(14)21-20(24)12-15-4-6-18(29-2)19(11-15)31(27,28)22-7-9-30-10-8-22/h3-6,11,13H,7-10,12H2,1-2H3,(H,21,24). The maximum Gasteiger partial charge on any atom is 0.271 e. The van der Waals surface area contributed by atoms with E-state index in [4.69, 9.17) is 9.47 Å². The summed E-state index contributed by atoms with van der Waals surface area (Å²) >= 11 is 0. The number of anilines is 1. The number of carbonyl (C=O) groups is 1. The minimum Gasteiger partial charge on any atom is -0.495 e. The second kappa shape index (κ2) is 9.41. The van der Waals surface area contributed by atoms with Crippen LogP contribution in [0.3, 0.4) is 0 Å². The van der Waals surface area contributed by atoms with Gasteiger partial charge in [-0.15, -0.1) is 0 Å². The van der Waals surface area contributed by atoms with Gasteiger partial charge in [-0.3, -0.25) is 14.9 Å². The molecule has 1 heterocycles. The third-order valence-corrected chi connectivity index (χ3v) is 6.81. The lowest BCUT2D eigenvalue weighted by molar-refractivity contribution is -0.384. The Bertz CT molecular complexity index is 1100. The molecule has 1 N–H and O–H groups in total. The van der Waals surface area contributed by atoms with Gasteiger partial charge in [-0.05, 0) is 30.2 Å². The summed E-state index contributed by atoms with van der Waals surface area (Å²) in [5.74, 6) is -0.242. The summed E-state index contributed by atoms with van der Waals surface area (Å²) < 4.78 is 37.9. The fourth-order valence-electron chi connectivity index (χ4n) is 3.20. The highest BCUT2D eigenvalue weighted by Gasteiger charge is 2.29. The van der Waals surface area contributed by atoms with Gasteiger partial charge in [0.05, 0.1) is 37.4 Å². The SMILES string of the molecule is COc1ccc(CC(=O)Nc2cc([N+](=O)[O-])ccc2C)cc1S(=O)(=O)N1CCOCC1. The number of benzene rings is 2. The molecule has 1 saturated heterocycles. The molecule has 1 aliphatic rings. The van der Waals surface area contributed by atoms with Crippen molar-refractivity contribution in [1.29, 1.82) is 0 Å². The van der Waals surface area contributed by atoms with E-state index in [0.29, 0.717) is 30.0 Å². The first-order valence-corrected chi connectivity index (χ1v) is 11.0. The molecule has 1 amide bonds. The van der Waals surface area contributed by atoms with E-state index in [1.165, 1.54) is 35.7 Å². The number of nitro groups is 1. The van der Waals surface area contributed by atoms with Gasteiger partial charge in [0.15, 0.2) is 0 Å². The van der Waals surface area contributed by atoms with E-state index in [-0.39, 0.29) is 35.8 Å². The van der Waals surface area contributed by atoms with Crippen LogP contribution >= 0.6 is 0 Å². The van der Waals surface area contributed by atoms with Gasteiger partial charge < -0.3 is 14.8 Å². The number of morpholine rings is 1. The molecule has 0 aliphatic carbocycles. The number of amides is 1. The second-order valence-electron chi connectivity index (χ2n) is 6.98. The van der Waals surface area contributed by atoms with Crippen LogP contribution in [0.25, 0.3) is 0 Å². The predicted molar refractivity (Wildman–Crippen MR) is 113 cm³/mol. The number of carbonyl (C=O) groups excluding carboxylic acids is 1. The molecular formula is C20H23N3O7S. The van der Waals surface area contributed by atoms with Gasteiger partial charge in [0, 0.05) is 25.2 Å². The van der Waals surface area contributed by atoms with E-state index in [2.05, 4.69) is 5.32 Å². The van der Waals surface area contributed by atoms with Crippen LogP contribution in [-0.4, -0.2) is 57.0 Å². The average molecular weight is 449 g/mol. The Morgan fingerprint density at radius 3 is 2.58 bits per heavy atom. The molecule has 10 nitrogen and oxygen atoms in total. The number of aryl methyl sites for hydroxylation is 1. The minimum absolute atomic E-state index is 0.0197. The number of non-ortho nitro benzene ring substituents is 1. The zero-order valence-corrected chi connectivity index (χ0v) is 18.0.